The minimum absolute atomic E-state index is 0.00396. The van der Waals surface area contributed by atoms with Crippen LogP contribution in [0.5, 0.6) is 0 Å². The van der Waals surface area contributed by atoms with Crippen molar-refractivity contribution in [2.45, 2.75) is 59.5 Å². The molecular weight excluding hydrogens is 733 g/mol. The topological polar surface area (TPSA) is 139 Å². The maximum absolute atomic E-state index is 12.4. The van der Waals surface area contributed by atoms with Crippen LogP contribution < -0.4 is 15.1 Å². The number of hydrogen-bond donors (Lipinski definition) is 1. The van der Waals surface area contributed by atoms with E-state index in [0.717, 1.165) is 56.7 Å². The highest BCUT2D eigenvalue weighted by Gasteiger charge is 2.21. The summed E-state index contributed by atoms with van der Waals surface area (Å²) in [6, 6.07) is 26.9. The number of hydrogen-bond acceptors (Lipinski definition) is 8. The van der Waals surface area contributed by atoms with Gasteiger partial charge < -0.3 is 24.3 Å². The number of oxazole rings is 1. The molecule has 11 heteroatoms. The van der Waals surface area contributed by atoms with E-state index in [1.165, 1.54) is 7.11 Å². The molecule has 0 unspecified atom stereocenters. The van der Waals surface area contributed by atoms with Gasteiger partial charge >= 0.3 is 5.97 Å². The SMILES string of the molecule is CCCC(=O)CNC(=O)c1ccc2c(c1)C=Cc1ccccc1N(C(C)=O)C2.COC(=O)CCc1coc(-c2ccc3c(c2)C=Cc2ccccc2N(C(C)=O)C3)n1. The maximum atomic E-state index is 12.4. The first kappa shape index (κ1) is 40.8. The van der Waals surface area contributed by atoms with Crippen molar-refractivity contribution < 1.29 is 33.1 Å². The molecule has 0 saturated carbocycles. The predicted octanol–water partition coefficient (Wildman–Crippen LogP) is 8.31. The van der Waals surface area contributed by atoms with Crippen molar-refractivity contribution in [3.05, 3.63) is 136 Å². The molecule has 2 aliphatic rings. The number of para-hydroxylation sites is 2. The Balaban J connectivity index is 0.000000196. The molecule has 0 aliphatic carbocycles. The predicted molar refractivity (Wildman–Crippen MR) is 225 cm³/mol. The maximum Gasteiger partial charge on any atom is 0.305 e. The zero-order valence-electron chi connectivity index (χ0n) is 33.1. The lowest BCUT2D eigenvalue weighted by atomic mass is 9.98. The molecule has 2 aliphatic heterocycles. The van der Waals surface area contributed by atoms with E-state index in [9.17, 15) is 24.0 Å². The van der Waals surface area contributed by atoms with E-state index in [-0.39, 0.29) is 42.4 Å². The Bertz CT molecular complexity index is 2410. The number of ketones is 1. The molecule has 0 saturated heterocycles. The third-order valence-electron chi connectivity index (χ3n) is 9.90. The average molecular weight is 779 g/mol. The van der Waals surface area contributed by atoms with Crippen LogP contribution in [0.1, 0.15) is 89.5 Å². The minimum atomic E-state index is -0.277. The normalized spacial score (nSPS) is 12.5. The second-order valence-electron chi connectivity index (χ2n) is 14.0. The minimum Gasteiger partial charge on any atom is -0.469 e. The lowest BCUT2D eigenvalue weighted by Gasteiger charge is -2.26. The van der Waals surface area contributed by atoms with Gasteiger partial charge in [0.2, 0.25) is 17.7 Å². The van der Waals surface area contributed by atoms with Crippen molar-refractivity contribution in [2.75, 3.05) is 23.5 Å². The first-order chi connectivity index (χ1) is 28.0. The zero-order chi connectivity index (χ0) is 41.2. The monoisotopic (exact) mass is 778 g/mol. The van der Waals surface area contributed by atoms with E-state index in [1.807, 2.05) is 97.9 Å². The van der Waals surface area contributed by atoms with Crippen molar-refractivity contribution in [3.63, 3.8) is 0 Å². The van der Waals surface area contributed by atoms with Crippen LogP contribution in [-0.4, -0.2) is 48.1 Å². The van der Waals surface area contributed by atoms with Gasteiger partial charge in [-0.05, 0) is 76.2 Å². The highest BCUT2D eigenvalue weighted by atomic mass is 16.5. The summed E-state index contributed by atoms with van der Waals surface area (Å²) in [4.78, 5) is 67.9. The fourth-order valence-corrected chi connectivity index (χ4v) is 6.78. The molecule has 0 spiro atoms. The Morgan fingerprint density at radius 3 is 1.88 bits per heavy atom. The number of aryl methyl sites for hydroxylation is 1. The number of methoxy groups -OCH3 is 1. The molecule has 0 atom stereocenters. The lowest BCUT2D eigenvalue weighted by molar-refractivity contribution is -0.140. The van der Waals surface area contributed by atoms with Gasteiger partial charge in [-0.3, -0.25) is 24.0 Å². The molecular formula is C47H46N4O7. The molecule has 0 bridgehead atoms. The van der Waals surface area contributed by atoms with Gasteiger partial charge in [0.25, 0.3) is 5.91 Å². The second kappa shape index (κ2) is 18.8. The summed E-state index contributed by atoms with van der Waals surface area (Å²) in [5.41, 5.74) is 9.63. The van der Waals surface area contributed by atoms with Crippen LogP contribution in [0.25, 0.3) is 35.8 Å². The number of carbonyl (C=O) groups excluding carboxylic acids is 5. The quantitative estimate of drug-likeness (QED) is 0.148. The Hall–Kier alpha value is -6.88. The van der Waals surface area contributed by atoms with Crippen LogP contribution in [0, 0.1) is 0 Å². The number of amides is 3. The van der Waals surface area contributed by atoms with E-state index < -0.39 is 0 Å². The standard InChI is InChI=1S/C24H22N2O4.C23H24N2O3/c1-16(27)26-14-20-10-9-19(24-25-21(15-30-24)11-12-23(28)29-2)13-18(20)8-7-17-5-3-4-6-22(17)26;1-3-6-21(27)14-24-23(28)19-11-12-20-15-25(16(2)26)22-8-5-4-7-17(22)9-10-18(20)13-19/h3-10,13,15H,11-12,14H2,1-2H3;4-5,7-13H,3,6,14-15H2,1-2H3,(H,24,28). The van der Waals surface area contributed by atoms with Crippen molar-refractivity contribution in [3.8, 4) is 11.5 Å². The molecule has 4 aromatic carbocycles. The average Bonchev–Trinajstić information content (AvgIpc) is 3.70. The number of nitrogens with zero attached hydrogens (tertiary/aromatic N) is 3. The van der Waals surface area contributed by atoms with Gasteiger partial charge in [-0.25, -0.2) is 4.98 Å². The van der Waals surface area contributed by atoms with E-state index >= 15 is 0 Å². The summed E-state index contributed by atoms with van der Waals surface area (Å²) in [6.07, 6.45) is 11.5. The molecule has 0 fully saturated rings. The number of rotatable bonds is 9. The Labute approximate surface area is 338 Å². The number of Topliss-reactive ketones (excluding diaryl/α,β-unsaturated/α-hetero) is 1. The number of carbonyl (C=O) groups is 5. The Morgan fingerprint density at radius 1 is 0.724 bits per heavy atom. The van der Waals surface area contributed by atoms with Crippen molar-refractivity contribution in [1.82, 2.24) is 10.3 Å². The van der Waals surface area contributed by atoms with Crippen LogP contribution in [-0.2, 0) is 43.4 Å². The zero-order valence-corrected chi connectivity index (χ0v) is 33.1. The second-order valence-corrected chi connectivity index (χ2v) is 14.0. The molecule has 296 valence electrons. The summed E-state index contributed by atoms with van der Waals surface area (Å²) in [6.45, 7) is 6.04. The van der Waals surface area contributed by atoms with Gasteiger partial charge in [-0.15, -0.1) is 0 Å². The summed E-state index contributed by atoms with van der Waals surface area (Å²) in [5.74, 6) is -0.0686. The summed E-state index contributed by atoms with van der Waals surface area (Å²) < 4.78 is 10.3. The smallest absolute Gasteiger partial charge is 0.305 e. The summed E-state index contributed by atoms with van der Waals surface area (Å²) >= 11 is 0. The molecule has 0 radical (unpaired) electrons. The van der Waals surface area contributed by atoms with Crippen LogP contribution in [0.4, 0.5) is 11.4 Å². The van der Waals surface area contributed by atoms with Gasteiger partial charge in [-0.2, -0.15) is 0 Å². The molecule has 58 heavy (non-hydrogen) atoms. The number of nitrogens with one attached hydrogen (secondary N) is 1. The molecule has 1 aromatic heterocycles. The third-order valence-corrected chi connectivity index (χ3v) is 9.90. The number of benzene rings is 4. The van der Waals surface area contributed by atoms with Crippen LogP contribution in [0.15, 0.2) is 95.6 Å². The van der Waals surface area contributed by atoms with E-state index in [4.69, 9.17) is 4.42 Å². The van der Waals surface area contributed by atoms with Gasteiger partial charge in [0.05, 0.1) is 50.2 Å². The molecule has 7 rings (SSSR count). The van der Waals surface area contributed by atoms with Crippen LogP contribution in [0.2, 0.25) is 0 Å². The van der Waals surface area contributed by atoms with Gasteiger partial charge in [0.1, 0.15) is 6.26 Å². The highest BCUT2D eigenvalue weighted by Crippen LogP contribution is 2.32. The first-order valence-electron chi connectivity index (χ1n) is 19.2. The molecule has 5 aromatic rings. The highest BCUT2D eigenvalue weighted by molar-refractivity contribution is 5.99. The fourth-order valence-electron chi connectivity index (χ4n) is 6.78. The Kier molecular flexibility index (Phi) is 13.2. The van der Waals surface area contributed by atoms with E-state index in [1.54, 1.807) is 42.0 Å². The number of esters is 1. The van der Waals surface area contributed by atoms with E-state index in [2.05, 4.69) is 21.1 Å². The number of anilines is 2. The van der Waals surface area contributed by atoms with Crippen molar-refractivity contribution in [1.29, 1.82) is 0 Å². The largest absolute Gasteiger partial charge is 0.469 e. The number of ether oxygens (including phenoxy) is 1. The van der Waals surface area contributed by atoms with Crippen LogP contribution in [0.3, 0.4) is 0 Å². The molecule has 3 heterocycles. The number of fused-ring (bicyclic) bond motifs is 4. The van der Waals surface area contributed by atoms with Gasteiger partial charge in [-0.1, -0.05) is 79.8 Å². The number of aromatic nitrogens is 1. The van der Waals surface area contributed by atoms with Crippen LogP contribution >= 0.6 is 0 Å². The third kappa shape index (κ3) is 9.91. The Morgan fingerprint density at radius 2 is 1.29 bits per heavy atom. The van der Waals surface area contributed by atoms with E-state index in [0.29, 0.717) is 43.1 Å². The van der Waals surface area contributed by atoms with Gasteiger partial charge in [0.15, 0.2) is 5.78 Å². The van der Waals surface area contributed by atoms with Gasteiger partial charge in [0, 0.05) is 37.8 Å². The molecule has 11 nitrogen and oxygen atoms in total. The lowest BCUT2D eigenvalue weighted by Crippen LogP contribution is -2.30. The first-order valence-corrected chi connectivity index (χ1v) is 19.2. The molecule has 1 N–H and O–H groups in total. The molecule has 3 amide bonds. The fraction of sp³-hybridized carbons (Fsp3) is 0.234. The van der Waals surface area contributed by atoms with Crippen molar-refractivity contribution >= 4 is 65.2 Å². The van der Waals surface area contributed by atoms with Crippen molar-refractivity contribution in [2.24, 2.45) is 0 Å². The summed E-state index contributed by atoms with van der Waals surface area (Å²) in [5, 5.41) is 2.68. The summed E-state index contributed by atoms with van der Waals surface area (Å²) in [7, 11) is 1.37.